The number of urea groups is 1. The van der Waals surface area contributed by atoms with Gasteiger partial charge in [-0.2, -0.15) is 0 Å². The summed E-state index contributed by atoms with van der Waals surface area (Å²) in [6.07, 6.45) is 4.54. The van der Waals surface area contributed by atoms with Gasteiger partial charge in [0.1, 0.15) is 0 Å². The molecule has 1 aliphatic rings. The molecule has 3 N–H and O–H groups in total. The highest BCUT2D eigenvalue weighted by Gasteiger charge is 2.30. The van der Waals surface area contributed by atoms with Crippen LogP contribution >= 0.6 is 0 Å². The molecule has 2 atom stereocenters. The lowest BCUT2D eigenvalue weighted by Crippen LogP contribution is -2.56. The standard InChI is InChI=1S/C15H30N4O2/c1-4-9-16-11-13-8-6-7-10-19(13)12(3)14(20)18-15(21)17-5-2/h12-13,16H,4-11H2,1-3H3,(H2,17,18,20,21). The molecule has 0 radical (unpaired) electrons. The summed E-state index contributed by atoms with van der Waals surface area (Å²) in [5.41, 5.74) is 0. The number of likely N-dealkylation sites (tertiary alicyclic amines) is 1. The van der Waals surface area contributed by atoms with Crippen molar-refractivity contribution in [2.75, 3.05) is 26.2 Å². The highest BCUT2D eigenvalue weighted by molar-refractivity contribution is 5.96. The van der Waals surface area contributed by atoms with Gasteiger partial charge in [0.25, 0.3) is 0 Å². The van der Waals surface area contributed by atoms with Crippen molar-refractivity contribution in [3.63, 3.8) is 0 Å². The second-order valence-electron chi connectivity index (χ2n) is 5.62. The first-order valence-electron chi connectivity index (χ1n) is 8.15. The van der Waals surface area contributed by atoms with Crippen molar-refractivity contribution in [3.05, 3.63) is 0 Å². The molecule has 1 heterocycles. The van der Waals surface area contributed by atoms with E-state index in [1.807, 2.05) is 13.8 Å². The Morgan fingerprint density at radius 1 is 1.29 bits per heavy atom. The number of piperidine rings is 1. The second kappa shape index (κ2) is 9.73. The van der Waals surface area contributed by atoms with Crippen LogP contribution in [-0.4, -0.2) is 55.1 Å². The smallest absolute Gasteiger partial charge is 0.321 e. The molecule has 0 saturated carbocycles. The van der Waals surface area contributed by atoms with Crippen LogP contribution in [0, 0.1) is 0 Å². The van der Waals surface area contributed by atoms with Crippen molar-refractivity contribution in [3.8, 4) is 0 Å². The zero-order chi connectivity index (χ0) is 15.7. The zero-order valence-electron chi connectivity index (χ0n) is 13.6. The molecule has 6 nitrogen and oxygen atoms in total. The molecule has 0 aliphatic carbocycles. The first-order valence-corrected chi connectivity index (χ1v) is 8.15. The van der Waals surface area contributed by atoms with Gasteiger partial charge in [0.15, 0.2) is 0 Å². The maximum absolute atomic E-state index is 12.2. The second-order valence-corrected chi connectivity index (χ2v) is 5.62. The minimum Gasteiger partial charge on any atom is -0.338 e. The average Bonchev–Trinajstić information content (AvgIpc) is 2.47. The fourth-order valence-electron chi connectivity index (χ4n) is 2.77. The van der Waals surface area contributed by atoms with Gasteiger partial charge in [-0.05, 0) is 46.2 Å². The number of nitrogens with zero attached hydrogens (tertiary/aromatic N) is 1. The third kappa shape index (κ3) is 6.01. The normalized spacial score (nSPS) is 20.8. The lowest BCUT2D eigenvalue weighted by atomic mass is 9.99. The number of carbonyl (C=O) groups excluding carboxylic acids is 2. The molecule has 1 aliphatic heterocycles. The first kappa shape index (κ1) is 17.9. The number of rotatable bonds is 7. The van der Waals surface area contributed by atoms with E-state index in [1.54, 1.807) is 0 Å². The fourth-order valence-corrected chi connectivity index (χ4v) is 2.77. The van der Waals surface area contributed by atoms with Gasteiger partial charge in [-0.1, -0.05) is 13.3 Å². The Kier molecular flexibility index (Phi) is 8.30. The van der Waals surface area contributed by atoms with Gasteiger partial charge >= 0.3 is 6.03 Å². The van der Waals surface area contributed by atoms with Gasteiger partial charge in [-0.25, -0.2) is 4.79 Å². The quantitative estimate of drug-likeness (QED) is 0.615. The predicted octanol–water partition coefficient (Wildman–Crippen LogP) is 1.07. The minimum absolute atomic E-state index is 0.219. The van der Waals surface area contributed by atoms with E-state index in [4.69, 9.17) is 0 Å². The van der Waals surface area contributed by atoms with Crippen molar-refractivity contribution in [2.45, 2.75) is 58.5 Å². The van der Waals surface area contributed by atoms with Crippen LogP contribution in [-0.2, 0) is 4.79 Å². The topological polar surface area (TPSA) is 73.5 Å². The van der Waals surface area contributed by atoms with Crippen LogP contribution in [0.25, 0.3) is 0 Å². The van der Waals surface area contributed by atoms with Crippen LogP contribution in [0.3, 0.4) is 0 Å². The SMILES string of the molecule is CCCNCC1CCCCN1C(C)C(=O)NC(=O)NCC. The summed E-state index contributed by atoms with van der Waals surface area (Å²) in [6.45, 7) is 9.20. The molecule has 3 amide bonds. The number of hydrogen-bond acceptors (Lipinski definition) is 4. The van der Waals surface area contributed by atoms with E-state index >= 15 is 0 Å². The maximum atomic E-state index is 12.2. The van der Waals surface area contributed by atoms with E-state index < -0.39 is 6.03 Å². The van der Waals surface area contributed by atoms with Crippen LogP contribution in [0.5, 0.6) is 0 Å². The van der Waals surface area contributed by atoms with Crippen molar-refractivity contribution < 1.29 is 9.59 Å². The third-order valence-corrected chi connectivity index (χ3v) is 3.93. The van der Waals surface area contributed by atoms with Crippen molar-refractivity contribution in [1.29, 1.82) is 0 Å². The van der Waals surface area contributed by atoms with E-state index in [1.165, 1.54) is 6.42 Å². The van der Waals surface area contributed by atoms with Crippen molar-refractivity contribution in [1.82, 2.24) is 20.9 Å². The van der Waals surface area contributed by atoms with E-state index in [0.29, 0.717) is 12.6 Å². The van der Waals surface area contributed by atoms with Gasteiger partial charge in [0.05, 0.1) is 6.04 Å². The van der Waals surface area contributed by atoms with E-state index in [0.717, 1.165) is 38.9 Å². The molecule has 0 aromatic carbocycles. The summed E-state index contributed by atoms with van der Waals surface area (Å²) < 4.78 is 0. The molecular weight excluding hydrogens is 268 g/mol. The molecule has 6 heteroatoms. The maximum Gasteiger partial charge on any atom is 0.321 e. The van der Waals surface area contributed by atoms with E-state index in [-0.39, 0.29) is 11.9 Å². The highest BCUT2D eigenvalue weighted by Crippen LogP contribution is 2.19. The van der Waals surface area contributed by atoms with Gasteiger partial charge in [0, 0.05) is 19.1 Å². The van der Waals surface area contributed by atoms with Crippen LogP contribution in [0.2, 0.25) is 0 Å². The third-order valence-electron chi connectivity index (χ3n) is 3.93. The Morgan fingerprint density at radius 2 is 2.05 bits per heavy atom. The summed E-state index contributed by atoms with van der Waals surface area (Å²) in [7, 11) is 0. The molecule has 1 fully saturated rings. The number of imide groups is 1. The largest absolute Gasteiger partial charge is 0.338 e. The zero-order valence-corrected chi connectivity index (χ0v) is 13.6. The Hall–Kier alpha value is -1.14. The Bertz CT molecular complexity index is 336. The highest BCUT2D eigenvalue weighted by atomic mass is 16.2. The molecule has 1 rings (SSSR count). The van der Waals surface area contributed by atoms with Gasteiger partial charge in [-0.15, -0.1) is 0 Å². The molecule has 21 heavy (non-hydrogen) atoms. The van der Waals surface area contributed by atoms with Crippen molar-refractivity contribution in [2.24, 2.45) is 0 Å². The van der Waals surface area contributed by atoms with Crippen LogP contribution in [0.4, 0.5) is 4.79 Å². The molecule has 0 bridgehead atoms. The lowest BCUT2D eigenvalue weighted by molar-refractivity contribution is -0.126. The minimum atomic E-state index is -0.410. The number of nitrogens with one attached hydrogen (secondary N) is 3. The summed E-state index contributed by atoms with van der Waals surface area (Å²) in [5, 5.41) is 8.44. The number of hydrogen-bond donors (Lipinski definition) is 3. The monoisotopic (exact) mass is 298 g/mol. The first-order chi connectivity index (χ1) is 10.1. The lowest BCUT2D eigenvalue weighted by Gasteiger charge is -2.39. The van der Waals surface area contributed by atoms with Gasteiger partial charge < -0.3 is 10.6 Å². The number of amides is 3. The van der Waals surface area contributed by atoms with Crippen LogP contribution in [0.1, 0.15) is 46.5 Å². The Morgan fingerprint density at radius 3 is 2.71 bits per heavy atom. The Labute approximate surface area is 128 Å². The van der Waals surface area contributed by atoms with Crippen LogP contribution < -0.4 is 16.0 Å². The van der Waals surface area contributed by atoms with Gasteiger partial charge in [-0.3, -0.25) is 15.0 Å². The fraction of sp³-hybridized carbons (Fsp3) is 0.867. The number of carbonyl (C=O) groups is 2. The summed E-state index contributed by atoms with van der Waals surface area (Å²) in [5.74, 6) is -0.219. The molecule has 0 spiro atoms. The van der Waals surface area contributed by atoms with E-state index in [2.05, 4.69) is 27.8 Å². The Balaban J connectivity index is 2.52. The van der Waals surface area contributed by atoms with Gasteiger partial charge in [0.2, 0.25) is 5.91 Å². The summed E-state index contributed by atoms with van der Waals surface area (Å²) in [4.78, 5) is 25.9. The molecular formula is C15H30N4O2. The molecule has 1 saturated heterocycles. The predicted molar refractivity (Wildman–Crippen MR) is 84.2 cm³/mol. The average molecular weight is 298 g/mol. The van der Waals surface area contributed by atoms with Crippen LogP contribution in [0.15, 0.2) is 0 Å². The van der Waals surface area contributed by atoms with Crippen molar-refractivity contribution >= 4 is 11.9 Å². The molecule has 0 aromatic heterocycles. The molecule has 122 valence electrons. The summed E-state index contributed by atoms with van der Waals surface area (Å²) >= 11 is 0. The molecule has 0 aromatic rings. The van der Waals surface area contributed by atoms with E-state index in [9.17, 15) is 9.59 Å². The summed E-state index contributed by atoms with van der Waals surface area (Å²) in [6, 6.07) is -0.311. The molecule has 2 unspecified atom stereocenters.